The Hall–Kier alpha value is -1.10. The maximum absolute atomic E-state index is 5.86. The molecule has 1 aliphatic rings. The average Bonchev–Trinajstić information content (AvgIpc) is 2.98. The predicted molar refractivity (Wildman–Crippen MR) is 90.6 cm³/mol. The van der Waals surface area contributed by atoms with E-state index in [4.69, 9.17) is 15.2 Å². The van der Waals surface area contributed by atoms with Crippen LogP contribution >= 0.6 is 0 Å². The second-order valence-electron chi connectivity index (χ2n) is 6.13. The Balaban J connectivity index is 1.95. The molecule has 4 nitrogen and oxygen atoms in total. The Morgan fingerprint density at radius 2 is 2.05 bits per heavy atom. The summed E-state index contributed by atoms with van der Waals surface area (Å²) in [6.07, 6.45) is 3.62. The number of hydrogen-bond acceptors (Lipinski definition) is 4. The summed E-state index contributed by atoms with van der Waals surface area (Å²) in [6, 6.07) is 4.88. The van der Waals surface area contributed by atoms with Gasteiger partial charge in [0.05, 0.1) is 6.61 Å². The molecule has 1 aliphatic heterocycles. The van der Waals surface area contributed by atoms with E-state index in [2.05, 4.69) is 30.9 Å². The number of nitrogens with zero attached hydrogens (tertiary/aromatic N) is 1. The molecule has 0 radical (unpaired) electrons. The first kappa shape index (κ1) is 17.3. The van der Waals surface area contributed by atoms with Gasteiger partial charge in [-0.15, -0.1) is 0 Å². The Morgan fingerprint density at radius 3 is 2.77 bits per heavy atom. The van der Waals surface area contributed by atoms with E-state index >= 15 is 0 Å². The van der Waals surface area contributed by atoms with Gasteiger partial charge in [-0.25, -0.2) is 0 Å². The third-order valence-corrected chi connectivity index (χ3v) is 4.83. The van der Waals surface area contributed by atoms with E-state index in [9.17, 15) is 0 Å². The van der Waals surface area contributed by atoms with Crippen LogP contribution in [0.3, 0.4) is 0 Å². The lowest BCUT2D eigenvalue weighted by Crippen LogP contribution is -2.36. The smallest absolute Gasteiger partial charge is 0.122 e. The molecule has 0 aliphatic carbocycles. The maximum atomic E-state index is 5.86. The van der Waals surface area contributed by atoms with Crippen molar-refractivity contribution in [3.63, 3.8) is 0 Å². The first-order chi connectivity index (χ1) is 10.7. The van der Waals surface area contributed by atoms with E-state index in [1.807, 2.05) is 0 Å². The summed E-state index contributed by atoms with van der Waals surface area (Å²) >= 11 is 0. The molecule has 1 saturated heterocycles. The Morgan fingerprint density at radius 1 is 1.23 bits per heavy atom. The van der Waals surface area contributed by atoms with Crippen LogP contribution < -0.4 is 10.5 Å². The Bertz CT molecular complexity index is 476. The highest BCUT2D eigenvalue weighted by Crippen LogP contribution is 2.25. The predicted octanol–water partition coefficient (Wildman–Crippen LogP) is 2.29. The average molecular weight is 306 g/mol. The van der Waals surface area contributed by atoms with Crippen molar-refractivity contribution in [2.45, 2.75) is 39.2 Å². The lowest BCUT2D eigenvalue weighted by atomic mass is 9.99. The van der Waals surface area contributed by atoms with Crippen LogP contribution in [0.5, 0.6) is 5.75 Å². The first-order valence-electron chi connectivity index (χ1n) is 8.32. The van der Waals surface area contributed by atoms with Crippen LogP contribution in [0.1, 0.15) is 29.5 Å². The molecule has 0 spiro atoms. The van der Waals surface area contributed by atoms with Crippen LogP contribution in [0.4, 0.5) is 0 Å². The Kier molecular flexibility index (Phi) is 6.68. The molecule has 0 saturated carbocycles. The molecule has 0 aromatic heterocycles. The van der Waals surface area contributed by atoms with Crippen molar-refractivity contribution < 1.29 is 9.47 Å². The minimum absolute atomic E-state index is 0.582. The van der Waals surface area contributed by atoms with Crippen molar-refractivity contribution in [3.8, 4) is 5.75 Å². The van der Waals surface area contributed by atoms with E-state index in [0.29, 0.717) is 19.3 Å². The van der Waals surface area contributed by atoms with Crippen molar-refractivity contribution in [2.75, 3.05) is 40.0 Å². The van der Waals surface area contributed by atoms with Gasteiger partial charge in [0.2, 0.25) is 0 Å². The highest BCUT2D eigenvalue weighted by atomic mass is 16.5. The molecule has 2 N–H and O–H groups in total. The topological polar surface area (TPSA) is 47.7 Å². The molecule has 1 aromatic carbocycles. The second kappa shape index (κ2) is 8.51. The summed E-state index contributed by atoms with van der Waals surface area (Å²) in [6.45, 7) is 8.63. The Labute approximate surface area is 134 Å². The highest BCUT2D eigenvalue weighted by Gasteiger charge is 2.22. The molecular formula is C18H30N2O2. The minimum Gasteiger partial charge on any atom is -0.491 e. The second-order valence-corrected chi connectivity index (χ2v) is 6.13. The molecular weight excluding hydrogens is 276 g/mol. The normalized spacial score (nSPS) is 18.8. The van der Waals surface area contributed by atoms with Crippen LogP contribution in [0.25, 0.3) is 0 Å². The lowest BCUT2D eigenvalue weighted by Gasteiger charge is -2.23. The van der Waals surface area contributed by atoms with Crippen molar-refractivity contribution in [1.82, 2.24) is 4.90 Å². The summed E-state index contributed by atoms with van der Waals surface area (Å²) in [7, 11) is 1.69. The summed E-state index contributed by atoms with van der Waals surface area (Å²) in [5.41, 5.74) is 9.86. The van der Waals surface area contributed by atoms with Gasteiger partial charge in [-0.3, -0.25) is 4.90 Å². The molecule has 1 atom stereocenters. The molecule has 1 fully saturated rings. The first-order valence-corrected chi connectivity index (χ1v) is 8.32. The third kappa shape index (κ3) is 4.22. The fourth-order valence-electron chi connectivity index (χ4n) is 3.23. The number of benzene rings is 1. The zero-order valence-corrected chi connectivity index (χ0v) is 14.2. The van der Waals surface area contributed by atoms with Gasteiger partial charge in [0.25, 0.3) is 0 Å². The zero-order valence-electron chi connectivity index (χ0n) is 14.2. The number of likely N-dealkylation sites (tertiary alicyclic amines) is 1. The van der Waals surface area contributed by atoms with Crippen LogP contribution in [0.15, 0.2) is 12.1 Å². The van der Waals surface area contributed by atoms with Crippen LogP contribution in [-0.4, -0.2) is 50.9 Å². The molecule has 124 valence electrons. The maximum Gasteiger partial charge on any atom is 0.122 e. The molecule has 1 aromatic rings. The molecule has 0 unspecified atom stereocenters. The SMILES string of the molecule is COCCOc1ccc(CCN2CCC[C@H]2CN)c(C)c1C. The number of ether oxygens (including phenoxy) is 2. The van der Waals surface area contributed by atoms with Gasteiger partial charge in [0, 0.05) is 26.2 Å². The summed E-state index contributed by atoms with van der Waals surface area (Å²) in [5.74, 6) is 0.972. The summed E-state index contributed by atoms with van der Waals surface area (Å²) < 4.78 is 10.8. The van der Waals surface area contributed by atoms with Crippen molar-refractivity contribution in [2.24, 2.45) is 5.73 Å². The molecule has 1 heterocycles. The molecule has 4 heteroatoms. The fourth-order valence-corrected chi connectivity index (χ4v) is 3.23. The van der Waals surface area contributed by atoms with Gasteiger partial charge < -0.3 is 15.2 Å². The van der Waals surface area contributed by atoms with Gasteiger partial charge in [0.1, 0.15) is 12.4 Å². The van der Waals surface area contributed by atoms with E-state index < -0.39 is 0 Å². The van der Waals surface area contributed by atoms with Gasteiger partial charge in [-0.2, -0.15) is 0 Å². The van der Waals surface area contributed by atoms with Crippen LogP contribution in [0, 0.1) is 13.8 Å². The minimum atomic E-state index is 0.582. The molecule has 0 bridgehead atoms. The summed E-state index contributed by atoms with van der Waals surface area (Å²) in [4.78, 5) is 2.54. The molecule has 0 amide bonds. The van der Waals surface area contributed by atoms with Crippen molar-refractivity contribution in [1.29, 1.82) is 0 Å². The largest absolute Gasteiger partial charge is 0.491 e. The van der Waals surface area contributed by atoms with Crippen LogP contribution in [0.2, 0.25) is 0 Å². The van der Waals surface area contributed by atoms with Gasteiger partial charge in [0.15, 0.2) is 0 Å². The van der Waals surface area contributed by atoms with Gasteiger partial charge in [-0.05, 0) is 62.4 Å². The van der Waals surface area contributed by atoms with E-state index in [1.54, 1.807) is 7.11 Å². The van der Waals surface area contributed by atoms with Crippen LogP contribution in [-0.2, 0) is 11.2 Å². The highest BCUT2D eigenvalue weighted by molar-refractivity contribution is 5.43. The van der Waals surface area contributed by atoms with E-state index in [0.717, 1.165) is 25.3 Å². The molecule has 22 heavy (non-hydrogen) atoms. The third-order valence-electron chi connectivity index (χ3n) is 4.83. The summed E-state index contributed by atoms with van der Waals surface area (Å²) in [5, 5.41) is 0. The monoisotopic (exact) mass is 306 g/mol. The standard InChI is InChI=1S/C18H30N2O2/c1-14-15(2)18(22-12-11-21-3)7-6-16(14)8-10-20-9-4-5-17(20)13-19/h6-7,17H,4-5,8-13,19H2,1-3H3/t17-/m0/s1. The van der Waals surface area contributed by atoms with Gasteiger partial charge in [-0.1, -0.05) is 6.07 Å². The quantitative estimate of drug-likeness (QED) is 0.749. The van der Waals surface area contributed by atoms with Gasteiger partial charge >= 0.3 is 0 Å². The van der Waals surface area contributed by atoms with E-state index in [1.165, 1.54) is 36.1 Å². The zero-order chi connectivity index (χ0) is 15.9. The van der Waals surface area contributed by atoms with Crippen molar-refractivity contribution >= 4 is 0 Å². The molecule has 2 rings (SSSR count). The number of hydrogen-bond donors (Lipinski definition) is 1. The fraction of sp³-hybridized carbons (Fsp3) is 0.667. The van der Waals surface area contributed by atoms with Crippen molar-refractivity contribution in [3.05, 3.63) is 28.8 Å². The van der Waals surface area contributed by atoms with E-state index in [-0.39, 0.29) is 0 Å². The number of rotatable bonds is 8. The lowest BCUT2D eigenvalue weighted by molar-refractivity contribution is 0.146. The number of nitrogens with two attached hydrogens (primary N) is 1. The number of methoxy groups -OCH3 is 1.